The Morgan fingerprint density at radius 1 is 1.23 bits per heavy atom. The molecule has 2 aliphatic heterocycles. The van der Waals surface area contributed by atoms with Gasteiger partial charge in [0.2, 0.25) is 5.91 Å². The fourth-order valence-corrected chi connectivity index (χ4v) is 3.46. The first kappa shape index (κ1) is 15.5. The van der Waals surface area contributed by atoms with Crippen molar-refractivity contribution >= 4 is 5.91 Å². The third kappa shape index (κ3) is 3.16. The molecule has 2 heterocycles. The van der Waals surface area contributed by atoms with E-state index >= 15 is 0 Å². The van der Waals surface area contributed by atoms with Crippen LogP contribution in [0.2, 0.25) is 0 Å². The van der Waals surface area contributed by atoms with Crippen molar-refractivity contribution in [3.05, 3.63) is 35.9 Å². The van der Waals surface area contributed by atoms with Gasteiger partial charge in [-0.05, 0) is 25.5 Å². The second-order valence-electron chi connectivity index (χ2n) is 6.53. The Hall–Kier alpha value is -1.43. The molecule has 5 heteroatoms. The second kappa shape index (κ2) is 6.77. The Bertz CT molecular complexity index is 507. The minimum Gasteiger partial charge on any atom is -0.352 e. The third-order valence-electron chi connectivity index (χ3n) is 5.11. The van der Waals surface area contributed by atoms with Crippen molar-refractivity contribution in [2.24, 2.45) is 5.92 Å². The molecule has 1 amide bonds. The number of fused-ring (bicyclic) bond motifs is 1. The van der Waals surface area contributed by atoms with Crippen LogP contribution in [-0.4, -0.2) is 37.1 Å². The second-order valence-corrected chi connectivity index (χ2v) is 6.53. The summed E-state index contributed by atoms with van der Waals surface area (Å²) in [5, 5.41) is 6.57. The minimum atomic E-state index is -0.150. The Kier molecular flexibility index (Phi) is 4.76. The van der Waals surface area contributed by atoms with Crippen LogP contribution in [0.15, 0.2) is 30.3 Å². The van der Waals surface area contributed by atoms with Gasteiger partial charge in [0.15, 0.2) is 0 Å². The molecule has 4 N–H and O–H groups in total. The number of amides is 1. The summed E-state index contributed by atoms with van der Waals surface area (Å²) in [6.45, 7) is 6.15. The van der Waals surface area contributed by atoms with Crippen LogP contribution in [-0.2, 0) is 4.79 Å². The smallest absolute Gasteiger partial charge is 0.239 e. The topological polar surface area (TPSA) is 65.2 Å². The van der Waals surface area contributed by atoms with Crippen molar-refractivity contribution < 1.29 is 4.79 Å². The lowest BCUT2D eigenvalue weighted by molar-refractivity contribution is -0.124. The molecule has 1 aromatic rings. The Morgan fingerprint density at radius 3 is 2.77 bits per heavy atom. The van der Waals surface area contributed by atoms with Crippen LogP contribution in [0, 0.1) is 5.92 Å². The van der Waals surface area contributed by atoms with Gasteiger partial charge in [0.05, 0.1) is 0 Å². The molecule has 0 aliphatic carbocycles. The monoisotopic (exact) mass is 302 g/mol. The molecule has 5 unspecified atom stereocenters. The molecular weight excluding hydrogens is 276 g/mol. The average Bonchev–Trinajstić information content (AvgIpc) is 2.99. The molecule has 0 bridgehead atoms. The Morgan fingerprint density at radius 2 is 2.00 bits per heavy atom. The number of piperidine rings is 1. The third-order valence-corrected chi connectivity index (χ3v) is 5.11. The maximum absolute atomic E-state index is 12.6. The number of hydrogen-bond acceptors (Lipinski definition) is 4. The molecule has 0 saturated carbocycles. The van der Waals surface area contributed by atoms with Gasteiger partial charge < -0.3 is 10.6 Å². The van der Waals surface area contributed by atoms with Gasteiger partial charge in [-0.25, -0.2) is 5.43 Å². The van der Waals surface area contributed by atoms with E-state index < -0.39 is 0 Å². The van der Waals surface area contributed by atoms with Crippen LogP contribution in [0.4, 0.5) is 0 Å². The van der Waals surface area contributed by atoms with Crippen LogP contribution in [0.1, 0.15) is 31.7 Å². The molecule has 2 aliphatic rings. The van der Waals surface area contributed by atoms with Crippen LogP contribution in [0.25, 0.3) is 0 Å². The lowest BCUT2D eigenvalue weighted by atomic mass is 9.88. The molecule has 0 spiro atoms. The van der Waals surface area contributed by atoms with Gasteiger partial charge in [0, 0.05) is 30.5 Å². The van der Waals surface area contributed by atoms with E-state index in [1.165, 1.54) is 5.56 Å². The maximum Gasteiger partial charge on any atom is 0.239 e. The normalized spacial score (nSPS) is 30.4. The molecular formula is C17H26N4O. The van der Waals surface area contributed by atoms with E-state index in [0.717, 1.165) is 19.5 Å². The summed E-state index contributed by atoms with van der Waals surface area (Å²) >= 11 is 0. The van der Waals surface area contributed by atoms with E-state index in [0.29, 0.717) is 17.9 Å². The molecule has 120 valence electrons. The average molecular weight is 302 g/mol. The predicted molar refractivity (Wildman–Crippen MR) is 87.3 cm³/mol. The zero-order chi connectivity index (χ0) is 15.5. The van der Waals surface area contributed by atoms with Crippen LogP contribution >= 0.6 is 0 Å². The van der Waals surface area contributed by atoms with Gasteiger partial charge in [-0.1, -0.05) is 37.3 Å². The van der Waals surface area contributed by atoms with Crippen LogP contribution in [0.5, 0.6) is 0 Å². The SMILES string of the molecule is CC(NC(=O)C1NNC2CCNCC21)C(C)c1ccccc1. The van der Waals surface area contributed by atoms with Crippen molar-refractivity contribution in [1.82, 2.24) is 21.5 Å². The molecule has 1 aromatic carbocycles. The number of carbonyl (C=O) groups is 1. The van der Waals surface area contributed by atoms with Gasteiger partial charge in [-0.3, -0.25) is 10.2 Å². The minimum absolute atomic E-state index is 0.0963. The number of hydrazine groups is 1. The highest BCUT2D eigenvalue weighted by molar-refractivity contribution is 5.83. The predicted octanol–water partition coefficient (Wildman–Crippen LogP) is 0.749. The largest absolute Gasteiger partial charge is 0.352 e. The van der Waals surface area contributed by atoms with Gasteiger partial charge in [0.25, 0.3) is 0 Å². The highest BCUT2D eigenvalue weighted by Gasteiger charge is 2.41. The fourth-order valence-electron chi connectivity index (χ4n) is 3.46. The number of rotatable bonds is 4. The fraction of sp³-hybridized carbons (Fsp3) is 0.588. The van der Waals surface area contributed by atoms with E-state index in [2.05, 4.69) is 47.5 Å². The number of carbonyl (C=O) groups excluding carboxylic acids is 1. The van der Waals surface area contributed by atoms with E-state index in [4.69, 9.17) is 0 Å². The summed E-state index contributed by atoms with van der Waals surface area (Å²) in [5.41, 5.74) is 7.71. The van der Waals surface area contributed by atoms with E-state index in [1.807, 2.05) is 18.2 Å². The van der Waals surface area contributed by atoms with Gasteiger partial charge in [-0.15, -0.1) is 0 Å². The van der Waals surface area contributed by atoms with Gasteiger partial charge in [-0.2, -0.15) is 0 Å². The number of benzene rings is 1. The summed E-state index contributed by atoms with van der Waals surface area (Å²) in [4.78, 5) is 12.6. The van der Waals surface area contributed by atoms with E-state index in [1.54, 1.807) is 0 Å². The van der Waals surface area contributed by atoms with E-state index in [9.17, 15) is 4.79 Å². The molecule has 22 heavy (non-hydrogen) atoms. The lowest BCUT2D eigenvalue weighted by Gasteiger charge is -2.29. The quantitative estimate of drug-likeness (QED) is 0.663. The van der Waals surface area contributed by atoms with Gasteiger partial charge >= 0.3 is 0 Å². The molecule has 2 fully saturated rings. The number of hydrogen-bond donors (Lipinski definition) is 4. The van der Waals surface area contributed by atoms with Crippen molar-refractivity contribution in [2.45, 2.75) is 44.3 Å². The van der Waals surface area contributed by atoms with Crippen molar-refractivity contribution in [3.63, 3.8) is 0 Å². The van der Waals surface area contributed by atoms with Crippen molar-refractivity contribution in [1.29, 1.82) is 0 Å². The van der Waals surface area contributed by atoms with E-state index in [-0.39, 0.29) is 18.0 Å². The first-order valence-electron chi connectivity index (χ1n) is 8.24. The Balaban J connectivity index is 1.59. The molecule has 0 radical (unpaired) electrons. The first-order valence-corrected chi connectivity index (χ1v) is 8.24. The van der Waals surface area contributed by atoms with Crippen molar-refractivity contribution in [3.8, 4) is 0 Å². The summed E-state index contributed by atoms with van der Waals surface area (Å²) < 4.78 is 0. The first-order chi connectivity index (χ1) is 10.7. The lowest BCUT2D eigenvalue weighted by Crippen LogP contribution is -2.51. The van der Waals surface area contributed by atoms with Crippen LogP contribution < -0.4 is 21.5 Å². The standard InChI is InChI=1S/C17H26N4O/c1-11(13-6-4-3-5-7-13)12(2)19-17(22)16-14-10-18-9-8-15(14)20-21-16/h3-7,11-12,14-16,18,20-21H,8-10H2,1-2H3,(H,19,22). The summed E-state index contributed by atoms with van der Waals surface area (Å²) in [6, 6.07) is 10.7. The number of nitrogens with one attached hydrogen (secondary N) is 4. The molecule has 3 rings (SSSR count). The molecule has 5 atom stereocenters. The molecule has 2 saturated heterocycles. The summed E-state index contributed by atoms with van der Waals surface area (Å²) in [7, 11) is 0. The van der Waals surface area contributed by atoms with Gasteiger partial charge in [0.1, 0.15) is 6.04 Å². The summed E-state index contributed by atoms with van der Waals surface area (Å²) in [5.74, 6) is 0.715. The zero-order valence-electron chi connectivity index (χ0n) is 13.3. The highest BCUT2D eigenvalue weighted by atomic mass is 16.2. The summed E-state index contributed by atoms with van der Waals surface area (Å²) in [6.07, 6.45) is 1.07. The zero-order valence-corrected chi connectivity index (χ0v) is 13.3. The maximum atomic E-state index is 12.6. The molecule has 5 nitrogen and oxygen atoms in total. The van der Waals surface area contributed by atoms with Crippen molar-refractivity contribution in [2.75, 3.05) is 13.1 Å². The Labute approximate surface area is 132 Å². The molecule has 0 aromatic heterocycles. The highest BCUT2D eigenvalue weighted by Crippen LogP contribution is 2.22. The van der Waals surface area contributed by atoms with Crippen LogP contribution in [0.3, 0.4) is 0 Å².